The summed E-state index contributed by atoms with van der Waals surface area (Å²) in [5.74, 6) is 2.74. The van der Waals surface area contributed by atoms with Gasteiger partial charge in [-0.25, -0.2) is 0 Å². The van der Waals surface area contributed by atoms with E-state index in [-0.39, 0.29) is 6.79 Å². The zero-order valence-corrected chi connectivity index (χ0v) is 23.5. The fraction of sp³-hybridized carbons (Fsp3) is 0.333. The lowest BCUT2D eigenvalue weighted by Gasteiger charge is -2.46. The average Bonchev–Trinajstić information content (AvgIpc) is 3.37. The number of nitrogens with zero attached hydrogens (tertiary/aromatic N) is 1. The summed E-state index contributed by atoms with van der Waals surface area (Å²) < 4.78 is 21.4. The van der Waals surface area contributed by atoms with Crippen molar-refractivity contribution in [1.82, 2.24) is 4.90 Å². The van der Waals surface area contributed by atoms with Crippen molar-refractivity contribution < 1.29 is 18.9 Å². The highest BCUT2D eigenvalue weighted by molar-refractivity contribution is 6.68. The number of fused-ring (bicyclic) bond motifs is 5. The third kappa shape index (κ3) is 4.45. The Bertz CT molecular complexity index is 1400. The van der Waals surface area contributed by atoms with E-state index in [2.05, 4.69) is 47.4 Å². The Morgan fingerprint density at radius 2 is 1.74 bits per heavy atom. The van der Waals surface area contributed by atoms with E-state index in [4.69, 9.17) is 53.8 Å². The Labute approximate surface area is 237 Å². The second-order valence-corrected chi connectivity index (χ2v) is 12.1. The van der Waals surface area contributed by atoms with Crippen LogP contribution in [0.2, 0.25) is 0 Å². The predicted octanol–water partition coefficient (Wildman–Crippen LogP) is 7.39. The lowest BCUT2D eigenvalue weighted by atomic mass is 9.83. The van der Waals surface area contributed by atoms with E-state index in [0.29, 0.717) is 18.0 Å². The van der Waals surface area contributed by atoms with Gasteiger partial charge in [0.15, 0.2) is 23.0 Å². The monoisotopic (exact) mass is 571 g/mol. The minimum atomic E-state index is -1.62. The van der Waals surface area contributed by atoms with Crippen molar-refractivity contribution in [2.45, 2.75) is 35.5 Å². The quantitative estimate of drug-likeness (QED) is 0.288. The van der Waals surface area contributed by atoms with Gasteiger partial charge in [0.2, 0.25) is 10.6 Å². The maximum atomic E-state index is 6.76. The molecule has 0 N–H and O–H groups in total. The molecule has 3 heterocycles. The summed E-state index contributed by atoms with van der Waals surface area (Å²) in [7, 11) is 3.28. The van der Waals surface area contributed by atoms with E-state index in [9.17, 15) is 0 Å². The molecule has 3 aliphatic heterocycles. The van der Waals surface area contributed by atoms with Gasteiger partial charge in [-0.2, -0.15) is 0 Å². The van der Waals surface area contributed by atoms with Gasteiger partial charge in [-0.1, -0.05) is 65.1 Å². The summed E-state index contributed by atoms with van der Waals surface area (Å²) >= 11 is 20.3. The third-order valence-electron chi connectivity index (χ3n) is 7.57. The summed E-state index contributed by atoms with van der Waals surface area (Å²) in [6, 6.07) is 16.1. The van der Waals surface area contributed by atoms with Gasteiger partial charge >= 0.3 is 0 Å². The standard InChI is InChI=1S/C30H28Cl3NO4/c1-35-26-14-19(10-6-9-18-7-4-3-5-8-18)22-15-23-21-16-25-24(37-17-38-25)13-20(21)11-12-34(23)29(30(31,32)33)27(22)28(26)36-2/h3-5,7-8,13-16,29H,6,9-12,17H2,1-2H3/t29-/m0/s1. The topological polar surface area (TPSA) is 40.2 Å². The van der Waals surface area contributed by atoms with Crippen LogP contribution < -0.4 is 18.9 Å². The van der Waals surface area contributed by atoms with Crippen molar-refractivity contribution in [3.05, 3.63) is 81.9 Å². The zero-order chi connectivity index (χ0) is 26.4. The molecule has 8 heteroatoms. The number of hydrogen-bond donors (Lipinski definition) is 0. The second-order valence-electron chi connectivity index (χ2n) is 9.72. The summed E-state index contributed by atoms with van der Waals surface area (Å²) in [6.45, 7) is 0.906. The maximum Gasteiger partial charge on any atom is 0.231 e. The van der Waals surface area contributed by atoms with E-state index in [1.165, 1.54) is 11.1 Å². The van der Waals surface area contributed by atoms with Gasteiger partial charge in [0.25, 0.3) is 0 Å². The fourth-order valence-corrected chi connectivity index (χ4v) is 6.56. The predicted molar refractivity (Wildman–Crippen MR) is 152 cm³/mol. The largest absolute Gasteiger partial charge is 0.493 e. The number of benzene rings is 3. The molecule has 0 bridgehead atoms. The van der Waals surface area contributed by atoms with E-state index in [1.54, 1.807) is 14.2 Å². The SMILES string of the molecule is COc1cc(CCCc2ccccc2)c2c(c1OC)[C@@H](C(Cl)(Cl)Cl)N1CCc3cc4c(cc3C1=C2)OCO4. The van der Waals surface area contributed by atoms with E-state index >= 15 is 0 Å². The molecule has 5 nitrogen and oxygen atoms in total. The molecule has 0 aliphatic carbocycles. The Hall–Kier alpha value is -2.73. The molecule has 6 rings (SSSR count). The minimum Gasteiger partial charge on any atom is -0.493 e. The molecule has 3 aromatic rings. The zero-order valence-electron chi connectivity index (χ0n) is 21.2. The summed E-state index contributed by atoms with van der Waals surface area (Å²) in [4.78, 5) is 2.18. The molecule has 0 fully saturated rings. The molecule has 0 spiro atoms. The maximum absolute atomic E-state index is 6.76. The van der Waals surface area contributed by atoms with Crippen molar-refractivity contribution >= 4 is 46.6 Å². The fourth-order valence-electron chi connectivity index (χ4n) is 5.88. The van der Waals surface area contributed by atoms with Crippen molar-refractivity contribution in [2.24, 2.45) is 0 Å². The number of rotatable bonds is 6. The highest BCUT2D eigenvalue weighted by Crippen LogP contribution is 2.57. The number of halogens is 3. The molecule has 3 aromatic carbocycles. The van der Waals surface area contributed by atoms with Crippen LogP contribution in [0, 0.1) is 0 Å². The lowest BCUT2D eigenvalue weighted by Crippen LogP contribution is -2.41. The van der Waals surface area contributed by atoms with Crippen molar-refractivity contribution in [2.75, 3.05) is 27.6 Å². The smallest absolute Gasteiger partial charge is 0.231 e. The van der Waals surface area contributed by atoms with Crippen LogP contribution in [0.4, 0.5) is 0 Å². The van der Waals surface area contributed by atoms with Crippen LogP contribution >= 0.6 is 34.8 Å². The van der Waals surface area contributed by atoms with E-state index in [0.717, 1.165) is 65.1 Å². The molecule has 0 amide bonds. The summed E-state index contributed by atoms with van der Waals surface area (Å²) in [5, 5.41) is 0. The van der Waals surface area contributed by atoms with Crippen LogP contribution in [0.5, 0.6) is 23.0 Å². The van der Waals surface area contributed by atoms with Crippen molar-refractivity contribution in [3.63, 3.8) is 0 Å². The molecular formula is C30H28Cl3NO4. The van der Waals surface area contributed by atoms with Crippen molar-refractivity contribution in [1.29, 1.82) is 0 Å². The lowest BCUT2D eigenvalue weighted by molar-refractivity contribution is 0.174. The highest BCUT2D eigenvalue weighted by Gasteiger charge is 2.47. The molecular weight excluding hydrogens is 545 g/mol. The van der Waals surface area contributed by atoms with Gasteiger partial charge in [0.05, 0.1) is 14.2 Å². The Morgan fingerprint density at radius 1 is 0.974 bits per heavy atom. The number of ether oxygens (including phenoxy) is 4. The highest BCUT2D eigenvalue weighted by atomic mass is 35.6. The van der Waals surface area contributed by atoms with Crippen LogP contribution in [0.1, 0.15) is 45.8 Å². The van der Waals surface area contributed by atoms with Crippen LogP contribution in [0.3, 0.4) is 0 Å². The first kappa shape index (κ1) is 25.5. The molecule has 3 aliphatic rings. The van der Waals surface area contributed by atoms with Crippen LogP contribution in [-0.4, -0.2) is 36.2 Å². The van der Waals surface area contributed by atoms with E-state index in [1.807, 2.05) is 12.1 Å². The number of hydrogen-bond acceptors (Lipinski definition) is 5. The van der Waals surface area contributed by atoms with Crippen LogP contribution in [-0.2, 0) is 19.3 Å². The normalized spacial score (nSPS) is 17.3. The van der Waals surface area contributed by atoms with Crippen molar-refractivity contribution in [3.8, 4) is 23.0 Å². The van der Waals surface area contributed by atoms with Crippen LogP contribution in [0.25, 0.3) is 11.8 Å². The number of methoxy groups -OCH3 is 2. The van der Waals surface area contributed by atoms with Gasteiger partial charge < -0.3 is 23.8 Å². The van der Waals surface area contributed by atoms with Crippen LogP contribution in [0.15, 0.2) is 48.5 Å². The van der Waals surface area contributed by atoms with Gasteiger partial charge in [0.1, 0.15) is 6.04 Å². The summed E-state index contributed by atoms with van der Waals surface area (Å²) in [6.07, 6.45) is 5.76. The molecule has 1 atom stereocenters. The average molecular weight is 573 g/mol. The first-order valence-electron chi connectivity index (χ1n) is 12.7. The van der Waals surface area contributed by atoms with Gasteiger partial charge in [-0.3, -0.25) is 0 Å². The second kappa shape index (κ2) is 10.1. The molecule has 0 saturated heterocycles. The Kier molecular flexibility index (Phi) is 6.79. The Balaban J connectivity index is 1.51. The number of alkyl halides is 3. The van der Waals surface area contributed by atoms with E-state index < -0.39 is 9.83 Å². The molecule has 0 saturated carbocycles. The Morgan fingerprint density at radius 3 is 2.45 bits per heavy atom. The summed E-state index contributed by atoms with van der Waals surface area (Å²) in [5.41, 5.74) is 7.56. The third-order valence-corrected chi connectivity index (χ3v) is 8.19. The number of aryl methyl sites for hydroxylation is 2. The molecule has 0 unspecified atom stereocenters. The van der Waals surface area contributed by atoms with Gasteiger partial charge in [0, 0.05) is 23.4 Å². The molecule has 0 aromatic heterocycles. The first-order chi connectivity index (χ1) is 18.4. The molecule has 38 heavy (non-hydrogen) atoms. The molecule has 0 radical (unpaired) electrons. The van der Waals surface area contributed by atoms with Gasteiger partial charge in [-0.05, 0) is 72.2 Å². The molecule has 198 valence electrons. The minimum absolute atomic E-state index is 0.225. The van der Waals surface area contributed by atoms with Gasteiger partial charge in [-0.15, -0.1) is 0 Å². The first-order valence-corrected chi connectivity index (χ1v) is 13.8.